The van der Waals surface area contributed by atoms with Crippen molar-refractivity contribution in [3.63, 3.8) is 0 Å². The number of aryl methyl sites for hydroxylation is 1. The number of hydrogen-bond donors (Lipinski definition) is 1. The first-order valence-corrected chi connectivity index (χ1v) is 8.62. The lowest BCUT2D eigenvalue weighted by Crippen LogP contribution is -1.92. The first kappa shape index (κ1) is 15.5. The van der Waals surface area contributed by atoms with E-state index in [1.807, 2.05) is 24.3 Å². The lowest BCUT2D eigenvalue weighted by Gasteiger charge is -2.09. The molecule has 2 nitrogen and oxygen atoms in total. The zero-order valence-electron chi connectivity index (χ0n) is 14.3. The van der Waals surface area contributed by atoms with Gasteiger partial charge in [0.15, 0.2) is 0 Å². The normalized spacial score (nSPS) is 14.4. The van der Waals surface area contributed by atoms with Gasteiger partial charge >= 0.3 is 0 Å². The van der Waals surface area contributed by atoms with Crippen molar-refractivity contribution in [2.24, 2.45) is 0 Å². The van der Waals surface area contributed by atoms with Crippen LogP contribution in [0.4, 0.5) is 11.4 Å². The maximum atomic E-state index is 5.21. The summed E-state index contributed by atoms with van der Waals surface area (Å²) in [6.45, 7) is 0. The van der Waals surface area contributed by atoms with Gasteiger partial charge in [-0.15, -0.1) is 0 Å². The Morgan fingerprint density at radius 3 is 2.36 bits per heavy atom. The predicted octanol–water partition coefficient (Wildman–Crippen LogP) is 5.93. The molecule has 2 heteroatoms. The smallest absolute Gasteiger partial charge is 0.119 e. The quantitative estimate of drug-likeness (QED) is 0.641. The zero-order chi connectivity index (χ0) is 17.1. The van der Waals surface area contributed by atoms with Gasteiger partial charge in [-0.2, -0.15) is 0 Å². The third-order valence-corrected chi connectivity index (χ3v) is 4.63. The van der Waals surface area contributed by atoms with Crippen LogP contribution in [0.15, 0.2) is 72.8 Å². The van der Waals surface area contributed by atoms with Gasteiger partial charge in [0, 0.05) is 11.4 Å². The second-order valence-corrected chi connectivity index (χ2v) is 6.31. The number of hydrogen-bond acceptors (Lipinski definition) is 2. The number of fused-ring (bicyclic) bond motifs is 1. The van der Waals surface area contributed by atoms with E-state index in [9.17, 15) is 0 Å². The average molecular weight is 327 g/mol. The molecule has 3 aromatic carbocycles. The van der Waals surface area contributed by atoms with Gasteiger partial charge in [0.25, 0.3) is 0 Å². The molecule has 0 radical (unpaired) electrons. The molecule has 0 spiro atoms. The Kier molecular flexibility index (Phi) is 4.26. The second-order valence-electron chi connectivity index (χ2n) is 6.31. The van der Waals surface area contributed by atoms with Crippen LogP contribution in [0.5, 0.6) is 5.75 Å². The molecule has 0 saturated carbocycles. The highest BCUT2D eigenvalue weighted by molar-refractivity contribution is 5.86. The molecule has 0 heterocycles. The molecule has 0 amide bonds. The van der Waals surface area contributed by atoms with E-state index < -0.39 is 0 Å². The minimum absolute atomic E-state index is 0.871. The van der Waals surface area contributed by atoms with E-state index in [-0.39, 0.29) is 0 Å². The van der Waals surface area contributed by atoms with Crippen LogP contribution in [0.3, 0.4) is 0 Å². The lowest BCUT2D eigenvalue weighted by atomic mass is 10.0. The molecule has 25 heavy (non-hydrogen) atoms. The first-order chi connectivity index (χ1) is 12.3. The number of rotatable bonds is 4. The van der Waals surface area contributed by atoms with Crippen molar-refractivity contribution in [2.75, 3.05) is 12.4 Å². The van der Waals surface area contributed by atoms with Crippen LogP contribution in [-0.2, 0) is 6.42 Å². The predicted molar refractivity (Wildman–Crippen MR) is 105 cm³/mol. The highest BCUT2D eigenvalue weighted by Crippen LogP contribution is 2.35. The van der Waals surface area contributed by atoms with Gasteiger partial charge < -0.3 is 10.1 Å². The molecule has 3 aromatic rings. The third-order valence-electron chi connectivity index (χ3n) is 4.63. The second kappa shape index (κ2) is 6.86. The highest BCUT2D eigenvalue weighted by atomic mass is 16.5. The van der Waals surface area contributed by atoms with Crippen LogP contribution in [0, 0.1) is 0 Å². The standard InChI is InChI=1S/C23H21NO/c1-25-22-12-9-20(10-13-22)24-21-11-14-23-18(7-8-19(23)16-21)15-17-5-3-2-4-6-17/h2-6,9-16,24H,7-8H2,1H3/b18-15+. The van der Waals surface area contributed by atoms with Crippen molar-refractivity contribution in [3.05, 3.63) is 89.5 Å². The molecule has 124 valence electrons. The zero-order valence-corrected chi connectivity index (χ0v) is 14.3. The van der Waals surface area contributed by atoms with Gasteiger partial charge in [0.1, 0.15) is 5.75 Å². The van der Waals surface area contributed by atoms with Crippen LogP contribution in [0.1, 0.15) is 23.1 Å². The molecule has 1 aliphatic carbocycles. The molecule has 4 rings (SSSR count). The van der Waals surface area contributed by atoms with Crippen LogP contribution >= 0.6 is 0 Å². The van der Waals surface area contributed by atoms with Gasteiger partial charge in [0.2, 0.25) is 0 Å². The van der Waals surface area contributed by atoms with Crippen LogP contribution in [0.2, 0.25) is 0 Å². The molecule has 0 unspecified atom stereocenters. The molecular formula is C23H21NO. The Morgan fingerprint density at radius 2 is 1.60 bits per heavy atom. The Balaban J connectivity index is 1.56. The third kappa shape index (κ3) is 3.43. The number of anilines is 2. The maximum absolute atomic E-state index is 5.21. The van der Waals surface area contributed by atoms with Gasteiger partial charge in [-0.05, 0) is 71.5 Å². The van der Waals surface area contributed by atoms with Crippen molar-refractivity contribution in [3.8, 4) is 5.75 Å². The number of allylic oxidation sites excluding steroid dienone is 1. The Hall–Kier alpha value is -3.00. The molecular weight excluding hydrogens is 306 g/mol. The van der Waals surface area contributed by atoms with Crippen molar-refractivity contribution in [2.45, 2.75) is 12.8 Å². The lowest BCUT2D eigenvalue weighted by molar-refractivity contribution is 0.415. The topological polar surface area (TPSA) is 21.3 Å². The maximum Gasteiger partial charge on any atom is 0.119 e. The summed E-state index contributed by atoms with van der Waals surface area (Å²) >= 11 is 0. The Morgan fingerprint density at radius 1 is 0.840 bits per heavy atom. The van der Waals surface area contributed by atoms with Crippen LogP contribution < -0.4 is 10.1 Å². The molecule has 0 fully saturated rings. The van der Waals surface area contributed by atoms with E-state index >= 15 is 0 Å². The summed E-state index contributed by atoms with van der Waals surface area (Å²) in [5, 5.41) is 3.47. The number of benzene rings is 3. The van der Waals surface area contributed by atoms with Crippen LogP contribution in [-0.4, -0.2) is 7.11 Å². The van der Waals surface area contributed by atoms with Crippen molar-refractivity contribution < 1.29 is 4.74 Å². The van der Waals surface area contributed by atoms with Crippen molar-refractivity contribution >= 4 is 23.0 Å². The monoisotopic (exact) mass is 327 g/mol. The first-order valence-electron chi connectivity index (χ1n) is 8.62. The minimum Gasteiger partial charge on any atom is -0.497 e. The fourth-order valence-electron chi connectivity index (χ4n) is 3.34. The van der Waals surface area contributed by atoms with E-state index in [1.54, 1.807) is 7.11 Å². The van der Waals surface area contributed by atoms with Gasteiger partial charge in [0.05, 0.1) is 7.11 Å². The molecule has 0 atom stereocenters. The largest absolute Gasteiger partial charge is 0.497 e. The molecule has 1 N–H and O–H groups in total. The van der Waals surface area contributed by atoms with Gasteiger partial charge in [-0.25, -0.2) is 0 Å². The summed E-state index contributed by atoms with van der Waals surface area (Å²) in [7, 11) is 1.68. The number of methoxy groups -OCH3 is 1. The SMILES string of the molecule is COc1ccc(Nc2ccc3c(c2)CC/C3=C\c2ccccc2)cc1. The van der Waals surface area contributed by atoms with Crippen molar-refractivity contribution in [1.29, 1.82) is 0 Å². The molecule has 0 saturated heterocycles. The van der Waals surface area contributed by atoms with Gasteiger partial charge in [-0.1, -0.05) is 42.5 Å². The number of ether oxygens (including phenoxy) is 1. The summed E-state index contributed by atoms with van der Waals surface area (Å²) in [6, 6.07) is 25.2. The molecule has 0 aliphatic heterocycles. The van der Waals surface area contributed by atoms with E-state index in [0.29, 0.717) is 0 Å². The van der Waals surface area contributed by atoms with Crippen molar-refractivity contribution in [1.82, 2.24) is 0 Å². The Bertz CT molecular complexity index is 895. The molecule has 0 bridgehead atoms. The molecule has 1 aliphatic rings. The van der Waals surface area contributed by atoms with E-state index in [4.69, 9.17) is 4.74 Å². The minimum atomic E-state index is 0.871. The van der Waals surface area contributed by atoms with E-state index in [1.165, 1.54) is 22.3 Å². The number of nitrogens with one attached hydrogen (secondary N) is 1. The highest BCUT2D eigenvalue weighted by Gasteiger charge is 2.16. The molecule has 0 aromatic heterocycles. The Labute approximate surface area is 148 Å². The summed E-state index contributed by atoms with van der Waals surface area (Å²) in [4.78, 5) is 0. The van der Waals surface area contributed by atoms with E-state index in [2.05, 4.69) is 59.9 Å². The van der Waals surface area contributed by atoms with Gasteiger partial charge in [-0.3, -0.25) is 0 Å². The fourth-order valence-corrected chi connectivity index (χ4v) is 3.34. The summed E-state index contributed by atoms with van der Waals surface area (Å²) in [6.07, 6.45) is 4.52. The fraction of sp³-hybridized carbons (Fsp3) is 0.130. The average Bonchev–Trinajstić information content (AvgIpc) is 3.05. The van der Waals surface area contributed by atoms with Crippen LogP contribution in [0.25, 0.3) is 11.6 Å². The summed E-state index contributed by atoms with van der Waals surface area (Å²) in [5.41, 5.74) is 7.69. The summed E-state index contributed by atoms with van der Waals surface area (Å²) in [5.74, 6) is 0.871. The summed E-state index contributed by atoms with van der Waals surface area (Å²) < 4.78 is 5.21. The van der Waals surface area contributed by atoms with E-state index in [0.717, 1.165) is 30.0 Å².